The second-order valence-electron chi connectivity index (χ2n) is 5.30. The number of nitrogens with zero attached hydrogens (tertiary/aromatic N) is 3. The zero-order valence-electron chi connectivity index (χ0n) is 11.6. The highest BCUT2D eigenvalue weighted by atomic mass is 15.4. The molecule has 21 heavy (non-hydrogen) atoms. The summed E-state index contributed by atoms with van der Waals surface area (Å²) in [6.45, 7) is 0. The van der Waals surface area contributed by atoms with Crippen molar-refractivity contribution < 1.29 is 0 Å². The van der Waals surface area contributed by atoms with Crippen LogP contribution in [0.4, 0.5) is 5.95 Å². The highest BCUT2D eigenvalue weighted by Gasteiger charge is 2.29. The zero-order chi connectivity index (χ0) is 14.1. The number of aromatic nitrogens is 3. The van der Waals surface area contributed by atoms with Crippen LogP contribution in [0.3, 0.4) is 0 Å². The first-order chi connectivity index (χ1) is 10.4. The van der Waals surface area contributed by atoms with Crippen molar-refractivity contribution in [2.24, 2.45) is 0 Å². The Kier molecular flexibility index (Phi) is 2.92. The summed E-state index contributed by atoms with van der Waals surface area (Å²) >= 11 is 0. The van der Waals surface area contributed by atoms with E-state index in [2.05, 4.69) is 63.9 Å². The monoisotopic (exact) mass is 276 g/mol. The van der Waals surface area contributed by atoms with Crippen LogP contribution in [0.15, 0.2) is 67.0 Å². The van der Waals surface area contributed by atoms with Gasteiger partial charge in [-0.2, -0.15) is 10.1 Å². The standard InChI is InChI=1S/C17H16N4/c1-3-7-13(8-4-1)15-11-16(14-9-5-2-6-10-14)21-17(20-15)18-12-19-21/h1-10,12,15-16H,11H2,(H,18,19,20)/t15-,16+/m1/s1. The molecule has 0 amide bonds. The van der Waals surface area contributed by atoms with Crippen molar-refractivity contribution in [1.29, 1.82) is 0 Å². The Balaban J connectivity index is 1.74. The Morgan fingerprint density at radius 2 is 1.57 bits per heavy atom. The molecule has 0 aliphatic carbocycles. The van der Waals surface area contributed by atoms with E-state index >= 15 is 0 Å². The maximum Gasteiger partial charge on any atom is 0.222 e. The third kappa shape index (κ3) is 2.18. The molecular weight excluding hydrogens is 260 g/mol. The highest BCUT2D eigenvalue weighted by molar-refractivity contribution is 5.37. The summed E-state index contributed by atoms with van der Waals surface area (Å²) in [6, 6.07) is 21.5. The molecule has 0 unspecified atom stereocenters. The van der Waals surface area contributed by atoms with Gasteiger partial charge in [0.1, 0.15) is 6.33 Å². The predicted molar refractivity (Wildman–Crippen MR) is 82.0 cm³/mol. The van der Waals surface area contributed by atoms with Gasteiger partial charge in [-0.3, -0.25) is 0 Å². The summed E-state index contributed by atoms with van der Waals surface area (Å²) in [5.41, 5.74) is 2.55. The van der Waals surface area contributed by atoms with E-state index in [1.165, 1.54) is 11.1 Å². The van der Waals surface area contributed by atoms with Gasteiger partial charge in [-0.05, 0) is 17.5 Å². The van der Waals surface area contributed by atoms with E-state index in [-0.39, 0.29) is 12.1 Å². The molecule has 2 heterocycles. The maximum atomic E-state index is 4.39. The van der Waals surface area contributed by atoms with E-state index in [9.17, 15) is 0 Å². The number of benzene rings is 2. The fourth-order valence-electron chi connectivity index (χ4n) is 2.98. The normalized spacial score (nSPS) is 20.6. The third-order valence-electron chi connectivity index (χ3n) is 4.02. The lowest BCUT2D eigenvalue weighted by Crippen LogP contribution is -2.28. The summed E-state index contributed by atoms with van der Waals surface area (Å²) < 4.78 is 1.98. The lowest BCUT2D eigenvalue weighted by molar-refractivity contribution is 0.431. The van der Waals surface area contributed by atoms with Crippen LogP contribution >= 0.6 is 0 Å². The largest absolute Gasteiger partial charge is 0.348 e. The molecule has 4 nitrogen and oxygen atoms in total. The molecule has 0 bridgehead atoms. The molecule has 104 valence electrons. The van der Waals surface area contributed by atoms with E-state index in [0.717, 1.165) is 12.4 Å². The number of hydrogen-bond donors (Lipinski definition) is 1. The summed E-state index contributed by atoms with van der Waals surface area (Å²) in [7, 11) is 0. The van der Waals surface area contributed by atoms with Crippen LogP contribution in [0, 0.1) is 0 Å². The van der Waals surface area contributed by atoms with Crippen molar-refractivity contribution in [3.05, 3.63) is 78.1 Å². The molecule has 0 fully saturated rings. The number of rotatable bonds is 2. The van der Waals surface area contributed by atoms with Crippen LogP contribution in [0.1, 0.15) is 29.6 Å². The van der Waals surface area contributed by atoms with Gasteiger partial charge in [-0.25, -0.2) is 4.68 Å². The quantitative estimate of drug-likeness (QED) is 0.780. The summed E-state index contributed by atoms with van der Waals surface area (Å²) in [5, 5.41) is 7.87. The summed E-state index contributed by atoms with van der Waals surface area (Å²) in [6.07, 6.45) is 2.58. The minimum atomic E-state index is 0.218. The Bertz CT molecular complexity index is 721. The Labute approximate surface area is 123 Å². The van der Waals surface area contributed by atoms with Gasteiger partial charge in [-0.15, -0.1) is 0 Å². The van der Waals surface area contributed by atoms with Crippen LogP contribution in [-0.4, -0.2) is 14.8 Å². The molecule has 3 aromatic rings. The fourth-order valence-corrected chi connectivity index (χ4v) is 2.98. The van der Waals surface area contributed by atoms with Gasteiger partial charge in [0.05, 0.1) is 12.1 Å². The van der Waals surface area contributed by atoms with Gasteiger partial charge in [0, 0.05) is 0 Å². The maximum absolute atomic E-state index is 4.39. The molecule has 1 aliphatic heterocycles. The molecule has 1 aliphatic rings. The first-order valence-corrected chi connectivity index (χ1v) is 7.18. The average molecular weight is 276 g/mol. The number of nitrogens with one attached hydrogen (secondary N) is 1. The number of fused-ring (bicyclic) bond motifs is 1. The molecule has 1 aromatic heterocycles. The topological polar surface area (TPSA) is 42.7 Å². The predicted octanol–water partition coefficient (Wildman–Crippen LogP) is 3.42. The molecule has 0 radical (unpaired) electrons. The Hall–Kier alpha value is -2.62. The van der Waals surface area contributed by atoms with Crippen molar-refractivity contribution in [3.8, 4) is 0 Å². The average Bonchev–Trinajstić information content (AvgIpc) is 3.04. The third-order valence-corrected chi connectivity index (χ3v) is 4.02. The smallest absolute Gasteiger partial charge is 0.222 e. The van der Waals surface area contributed by atoms with Crippen molar-refractivity contribution in [3.63, 3.8) is 0 Å². The van der Waals surface area contributed by atoms with Crippen LogP contribution in [-0.2, 0) is 0 Å². The van der Waals surface area contributed by atoms with Gasteiger partial charge in [0.25, 0.3) is 0 Å². The molecule has 0 saturated heterocycles. The number of anilines is 1. The van der Waals surface area contributed by atoms with E-state index in [4.69, 9.17) is 0 Å². The van der Waals surface area contributed by atoms with Crippen molar-refractivity contribution >= 4 is 5.95 Å². The molecule has 2 aromatic carbocycles. The van der Waals surface area contributed by atoms with Crippen molar-refractivity contribution in [1.82, 2.24) is 14.8 Å². The molecule has 4 rings (SSSR count). The molecule has 0 spiro atoms. The lowest BCUT2D eigenvalue weighted by Gasteiger charge is -2.31. The van der Waals surface area contributed by atoms with Crippen LogP contribution in [0.25, 0.3) is 0 Å². The van der Waals surface area contributed by atoms with E-state index in [1.54, 1.807) is 6.33 Å². The number of hydrogen-bond acceptors (Lipinski definition) is 3. The van der Waals surface area contributed by atoms with Gasteiger partial charge < -0.3 is 5.32 Å². The van der Waals surface area contributed by atoms with Crippen LogP contribution < -0.4 is 5.32 Å². The van der Waals surface area contributed by atoms with Gasteiger partial charge in [-0.1, -0.05) is 60.7 Å². The lowest BCUT2D eigenvalue weighted by atomic mass is 9.93. The van der Waals surface area contributed by atoms with Crippen molar-refractivity contribution in [2.75, 3.05) is 5.32 Å². The molecular formula is C17H16N4. The van der Waals surface area contributed by atoms with E-state index < -0.39 is 0 Å². The van der Waals surface area contributed by atoms with E-state index in [1.807, 2.05) is 16.8 Å². The van der Waals surface area contributed by atoms with Gasteiger partial charge >= 0.3 is 0 Å². The van der Waals surface area contributed by atoms with Crippen molar-refractivity contribution in [2.45, 2.75) is 18.5 Å². The first kappa shape index (κ1) is 12.1. The minimum Gasteiger partial charge on any atom is -0.348 e. The minimum absolute atomic E-state index is 0.218. The van der Waals surface area contributed by atoms with Crippen LogP contribution in [0.5, 0.6) is 0 Å². The Morgan fingerprint density at radius 3 is 2.29 bits per heavy atom. The first-order valence-electron chi connectivity index (χ1n) is 7.18. The zero-order valence-corrected chi connectivity index (χ0v) is 11.6. The molecule has 4 heteroatoms. The van der Waals surface area contributed by atoms with Gasteiger partial charge in [0.2, 0.25) is 5.95 Å². The van der Waals surface area contributed by atoms with E-state index in [0.29, 0.717) is 0 Å². The van der Waals surface area contributed by atoms with Crippen LogP contribution in [0.2, 0.25) is 0 Å². The summed E-state index contributed by atoms with van der Waals surface area (Å²) in [4.78, 5) is 4.35. The molecule has 1 N–H and O–H groups in total. The fraction of sp³-hybridized carbons (Fsp3) is 0.176. The van der Waals surface area contributed by atoms with Gasteiger partial charge in [0.15, 0.2) is 0 Å². The summed E-state index contributed by atoms with van der Waals surface area (Å²) in [5.74, 6) is 0.837. The Morgan fingerprint density at radius 1 is 0.905 bits per heavy atom. The SMILES string of the molecule is c1ccc([C@H]2C[C@@H](c3ccccc3)n3ncnc3N2)cc1. The second kappa shape index (κ2) is 5.05. The molecule has 2 atom stereocenters. The second-order valence-corrected chi connectivity index (χ2v) is 5.30. The molecule has 0 saturated carbocycles. The highest BCUT2D eigenvalue weighted by Crippen LogP contribution is 2.36.